The van der Waals surface area contributed by atoms with Crippen molar-refractivity contribution in [2.24, 2.45) is 0 Å². The maximum absolute atomic E-state index is 12.8. The van der Waals surface area contributed by atoms with Crippen LogP contribution < -0.4 is 15.5 Å². The van der Waals surface area contributed by atoms with Gasteiger partial charge in [-0.25, -0.2) is 0 Å². The molecule has 1 fully saturated rings. The number of likely N-dealkylation sites (N-methyl/N-ethyl adjacent to an activating group) is 1. The van der Waals surface area contributed by atoms with E-state index in [-0.39, 0.29) is 17.7 Å². The second-order valence-corrected chi connectivity index (χ2v) is 10.7. The topological polar surface area (TPSA) is 81.8 Å². The molecule has 7 nitrogen and oxygen atoms in total. The van der Waals surface area contributed by atoms with Crippen molar-refractivity contribution in [3.63, 3.8) is 0 Å². The monoisotopic (exact) mass is 506 g/mol. The molecule has 1 aliphatic rings. The molecule has 2 N–H and O–H groups in total. The molecule has 2 aromatic rings. The highest BCUT2D eigenvalue weighted by molar-refractivity contribution is 9.11. The molecule has 0 atom stereocenters. The minimum atomic E-state index is -1.11. The zero-order valence-electron chi connectivity index (χ0n) is 18.1. The molecule has 166 valence electrons. The fraction of sp³-hybridized carbons (Fsp3) is 0.409. The van der Waals surface area contributed by atoms with E-state index in [1.165, 1.54) is 11.3 Å². The molecule has 3 amide bonds. The summed E-state index contributed by atoms with van der Waals surface area (Å²) in [5, 5.41) is 5.66. The third-order valence-corrected chi connectivity index (χ3v) is 6.87. The van der Waals surface area contributed by atoms with Gasteiger partial charge in [0.15, 0.2) is 0 Å². The largest absolute Gasteiger partial charge is 0.337 e. The molecule has 0 saturated carbocycles. The van der Waals surface area contributed by atoms with E-state index >= 15 is 0 Å². The minimum absolute atomic E-state index is 0.105. The summed E-state index contributed by atoms with van der Waals surface area (Å²) < 4.78 is 0.852. The Morgan fingerprint density at radius 2 is 1.87 bits per heavy atom. The van der Waals surface area contributed by atoms with Gasteiger partial charge in [0.05, 0.1) is 8.66 Å². The fourth-order valence-corrected chi connectivity index (χ4v) is 4.63. The number of nitrogens with one attached hydrogen (secondary N) is 2. The number of thiophene rings is 1. The Kier molecular flexibility index (Phi) is 7.18. The zero-order valence-corrected chi connectivity index (χ0v) is 20.5. The van der Waals surface area contributed by atoms with E-state index in [0.29, 0.717) is 23.5 Å². The Bertz CT molecular complexity index is 1000. The Morgan fingerprint density at radius 1 is 1.13 bits per heavy atom. The Hall–Kier alpha value is -2.23. The Morgan fingerprint density at radius 3 is 2.52 bits per heavy atom. The molecule has 0 aliphatic carbocycles. The number of anilines is 2. The number of carbonyl (C=O) groups excluding carboxylic acids is 3. The Labute approximate surface area is 194 Å². The highest BCUT2D eigenvalue weighted by Crippen LogP contribution is 2.26. The van der Waals surface area contributed by atoms with Crippen molar-refractivity contribution in [1.82, 2.24) is 10.2 Å². The molecular weight excluding hydrogens is 480 g/mol. The number of nitrogens with zero attached hydrogens (tertiary/aromatic N) is 2. The van der Waals surface area contributed by atoms with Crippen LogP contribution in [0.1, 0.15) is 35.5 Å². The van der Waals surface area contributed by atoms with Gasteiger partial charge >= 0.3 is 0 Å². The fourth-order valence-electron chi connectivity index (χ4n) is 3.35. The van der Waals surface area contributed by atoms with Crippen LogP contribution in [0.4, 0.5) is 11.4 Å². The third kappa shape index (κ3) is 5.72. The van der Waals surface area contributed by atoms with Crippen LogP contribution in [0, 0.1) is 6.92 Å². The predicted octanol–water partition coefficient (Wildman–Crippen LogP) is 3.63. The van der Waals surface area contributed by atoms with Gasteiger partial charge in [-0.15, -0.1) is 11.3 Å². The van der Waals surface area contributed by atoms with E-state index in [4.69, 9.17) is 0 Å². The van der Waals surface area contributed by atoms with E-state index < -0.39 is 5.54 Å². The lowest BCUT2D eigenvalue weighted by Gasteiger charge is -2.26. The van der Waals surface area contributed by atoms with Crippen molar-refractivity contribution >= 4 is 56.4 Å². The number of amides is 3. The minimum Gasteiger partial charge on any atom is -0.337 e. The quantitative estimate of drug-likeness (QED) is 0.648. The van der Waals surface area contributed by atoms with Gasteiger partial charge in [0.2, 0.25) is 11.8 Å². The first-order valence-electron chi connectivity index (χ1n) is 10.1. The smallest absolute Gasteiger partial charge is 0.262 e. The van der Waals surface area contributed by atoms with Crippen molar-refractivity contribution in [2.45, 2.75) is 32.7 Å². The molecule has 1 aromatic carbocycles. The van der Waals surface area contributed by atoms with E-state index in [0.717, 1.165) is 28.1 Å². The molecular formula is C22H27BrN4O3S. The molecule has 9 heteroatoms. The standard InChI is InChI=1S/C22H27BrN4O3S/c1-14-13-15(5-6-16(14)27-12-11-26(4)10-9-19(27)28)24-21(30)22(2,3)25-20(29)17-7-8-18(23)31-17/h5-8,13H,9-12H2,1-4H3,(H,24,30)(H,25,29). The summed E-state index contributed by atoms with van der Waals surface area (Å²) in [4.78, 5) is 42.3. The van der Waals surface area contributed by atoms with E-state index in [1.807, 2.05) is 31.0 Å². The normalized spacial score (nSPS) is 15.5. The van der Waals surface area contributed by atoms with Crippen LogP contribution in [0.3, 0.4) is 0 Å². The highest BCUT2D eigenvalue weighted by Gasteiger charge is 2.30. The summed E-state index contributed by atoms with van der Waals surface area (Å²) in [5.41, 5.74) is 1.27. The SMILES string of the molecule is Cc1cc(NC(=O)C(C)(C)NC(=O)c2ccc(Br)s2)ccc1N1CCN(C)CCC1=O. The number of benzene rings is 1. The molecule has 0 spiro atoms. The van der Waals surface area contributed by atoms with E-state index in [9.17, 15) is 14.4 Å². The maximum Gasteiger partial charge on any atom is 0.262 e. The van der Waals surface area contributed by atoms with Crippen LogP contribution in [-0.4, -0.2) is 54.8 Å². The lowest BCUT2D eigenvalue weighted by atomic mass is 10.0. The highest BCUT2D eigenvalue weighted by atomic mass is 79.9. The first-order chi connectivity index (χ1) is 14.6. The summed E-state index contributed by atoms with van der Waals surface area (Å²) in [5.74, 6) is -0.517. The van der Waals surface area contributed by atoms with Gasteiger partial charge in [-0.2, -0.15) is 0 Å². The average Bonchev–Trinajstić information content (AvgIpc) is 3.06. The number of aryl methyl sites for hydroxylation is 1. The lowest BCUT2D eigenvalue weighted by molar-refractivity contribution is -0.121. The molecule has 0 radical (unpaired) electrons. The van der Waals surface area contributed by atoms with Crippen molar-refractivity contribution in [3.8, 4) is 0 Å². The zero-order chi connectivity index (χ0) is 22.8. The predicted molar refractivity (Wildman–Crippen MR) is 128 cm³/mol. The average molecular weight is 507 g/mol. The first kappa shape index (κ1) is 23.4. The van der Waals surface area contributed by atoms with Crippen molar-refractivity contribution < 1.29 is 14.4 Å². The van der Waals surface area contributed by atoms with Gasteiger partial charge in [-0.1, -0.05) is 0 Å². The molecule has 1 aromatic heterocycles. The number of hydrogen-bond donors (Lipinski definition) is 2. The van der Waals surface area contributed by atoms with Crippen molar-refractivity contribution in [3.05, 3.63) is 44.6 Å². The van der Waals surface area contributed by atoms with Crippen LogP contribution in [0.2, 0.25) is 0 Å². The number of carbonyl (C=O) groups is 3. The summed E-state index contributed by atoms with van der Waals surface area (Å²) >= 11 is 4.65. The Balaban J connectivity index is 1.69. The second-order valence-electron chi connectivity index (χ2n) is 8.24. The number of halogens is 1. The molecule has 0 unspecified atom stereocenters. The van der Waals surface area contributed by atoms with Crippen molar-refractivity contribution in [2.75, 3.05) is 36.9 Å². The van der Waals surface area contributed by atoms with Crippen LogP contribution in [0.15, 0.2) is 34.1 Å². The van der Waals surface area contributed by atoms with Crippen LogP contribution in [0.5, 0.6) is 0 Å². The molecule has 1 aliphatic heterocycles. The first-order valence-corrected chi connectivity index (χ1v) is 11.7. The van der Waals surface area contributed by atoms with Crippen LogP contribution in [0.25, 0.3) is 0 Å². The second kappa shape index (κ2) is 9.50. The van der Waals surface area contributed by atoms with Crippen LogP contribution >= 0.6 is 27.3 Å². The molecule has 3 rings (SSSR count). The summed E-state index contributed by atoms with van der Waals surface area (Å²) in [7, 11) is 2.01. The molecule has 2 heterocycles. The van der Waals surface area contributed by atoms with Gasteiger partial charge in [0.25, 0.3) is 5.91 Å². The summed E-state index contributed by atoms with van der Waals surface area (Å²) in [6.45, 7) is 7.46. The molecule has 31 heavy (non-hydrogen) atoms. The van der Waals surface area contributed by atoms with Crippen molar-refractivity contribution in [1.29, 1.82) is 0 Å². The lowest BCUT2D eigenvalue weighted by Crippen LogP contribution is -2.52. The molecule has 0 bridgehead atoms. The van der Waals surface area contributed by atoms with E-state index in [2.05, 4.69) is 31.5 Å². The molecule has 1 saturated heterocycles. The van der Waals surface area contributed by atoms with Gasteiger partial charge in [-0.05, 0) is 79.6 Å². The van der Waals surface area contributed by atoms with Crippen LogP contribution in [-0.2, 0) is 9.59 Å². The summed E-state index contributed by atoms with van der Waals surface area (Å²) in [6, 6.07) is 9.01. The van der Waals surface area contributed by atoms with Gasteiger partial charge in [0.1, 0.15) is 5.54 Å². The van der Waals surface area contributed by atoms with Gasteiger partial charge in [0, 0.05) is 37.4 Å². The van der Waals surface area contributed by atoms with Gasteiger partial charge in [-0.3, -0.25) is 14.4 Å². The number of rotatable bonds is 5. The summed E-state index contributed by atoms with van der Waals surface area (Å²) in [6.07, 6.45) is 0.489. The maximum atomic E-state index is 12.8. The third-order valence-electron chi connectivity index (χ3n) is 5.25. The van der Waals surface area contributed by atoms with E-state index in [1.54, 1.807) is 32.0 Å². The number of hydrogen-bond acceptors (Lipinski definition) is 5. The van der Waals surface area contributed by atoms with Gasteiger partial charge < -0.3 is 20.4 Å².